The highest BCUT2D eigenvalue weighted by Crippen LogP contribution is 2.14. The van der Waals surface area contributed by atoms with Gasteiger partial charge in [0.15, 0.2) is 0 Å². The molecule has 2 bridgehead atoms. The smallest absolute Gasteiger partial charge is 0.252 e. The van der Waals surface area contributed by atoms with Crippen molar-refractivity contribution in [2.45, 2.75) is 78.6 Å². The molecule has 3 rings (SSSR count). The summed E-state index contributed by atoms with van der Waals surface area (Å²) in [6.45, 7) is 9.59. The van der Waals surface area contributed by atoms with Crippen LogP contribution in [0, 0.1) is 20.8 Å². The minimum atomic E-state index is -1.20. The third-order valence-electron chi connectivity index (χ3n) is 6.82. The van der Waals surface area contributed by atoms with Crippen molar-refractivity contribution in [2.75, 3.05) is 19.6 Å². The maximum Gasteiger partial charge on any atom is 0.252 e. The normalized spacial score (nSPS) is 20.5. The van der Waals surface area contributed by atoms with Crippen LogP contribution >= 0.6 is 0 Å². The molecule has 2 heterocycles. The van der Waals surface area contributed by atoms with Gasteiger partial charge in [-0.2, -0.15) is 5.10 Å². The van der Waals surface area contributed by atoms with E-state index in [1.165, 1.54) is 11.8 Å². The van der Waals surface area contributed by atoms with E-state index in [9.17, 15) is 24.3 Å². The summed E-state index contributed by atoms with van der Waals surface area (Å²) in [5, 5.41) is 23.0. The molecule has 1 aliphatic rings. The second-order valence-electron chi connectivity index (χ2n) is 10.4. The number of aromatic nitrogens is 2. The zero-order chi connectivity index (χ0) is 28.7. The zero-order valence-corrected chi connectivity index (χ0v) is 23.4. The Balaban J connectivity index is 1.80. The maximum atomic E-state index is 13.2. The monoisotopic (exact) mass is 540 g/mol. The quantitative estimate of drug-likeness (QED) is 0.451. The van der Waals surface area contributed by atoms with E-state index < -0.39 is 30.0 Å². The highest BCUT2D eigenvalue weighted by Gasteiger charge is 2.28. The molecular formula is C28H40N6O5. The van der Waals surface area contributed by atoms with Crippen molar-refractivity contribution in [1.82, 2.24) is 30.6 Å². The largest absolute Gasteiger partial charge is 0.391 e. The first-order chi connectivity index (χ1) is 18.4. The Morgan fingerprint density at radius 3 is 2.56 bits per heavy atom. The Morgan fingerprint density at radius 1 is 1.15 bits per heavy atom. The summed E-state index contributed by atoms with van der Waals surface area (Å²) in [5.74, 6) is -1.59. The number of aliphatic hydroxyl groups excluding tert-OH is 1. The van der Waals surface area contributed by atoms with E-state index in [0.29, 0.717) is 31.5 Å². The second kappa shape index (κ2) is 13.4. The summed E-state index contributed by atoms with van der Waals surface area (Å²) < 4.78 is 1.75. The second-order valence-corrected chi connectivity index (χ2v) is 10.4. The molecule has 0 aliphatic carbocycles. The molecule has 0 radical (unpaired) electrons. The topological polar surface area (TPSA) is 146 Å². The Kier molecular flexibility index (Phi) is 10.2. The average molecular weight is 541 g/mol. The number of benzene rings is 1. The van der Waals surface area contributed by atoms with E-state index in [2.05, 4.69) is 21.0 Å². The van der Waals surface area contributed by atoms with Gasteiger partial charge in [-0.25, -0.2) is 0 Å². The van der Waals surface area contributed by atoms with Gasteiger partial charge in [0.1, 0.15) is 6.04 Å². The molecule has 0 saturated heterocycles. The number of rotatable bonds is 4. The van der Waals surface area contributed by atoms with E-state index >= 15 is 0 Å². The van der Waals surface area contributed by atoms with Crippen molar-refractivity contribution in [3.63, 3.8) is 0 Å². The minimum absolute atomic E-state index is 0.0789. The van der Waals surface area contributed by atoms with Crippen LogP contribution in [0.2, 0.25) is 0 Å². The molecule has 3 atom stereocenters. The first-order valence-corrected chi connectivity index (χ1v) is 13.4. The number of hydrogen-bond donors (Lipinski definition) is 4. The van der Waals surface area contributed by atoms with Crippen molar-refractivity contribution in [1.29, 1.82) is 0 Å². The van der Waals surface area contributed by atoms with Crippen LogP contribution in [0.15, 0.2) is 24.3 Å². The van der Waals surface area contributed by atoms with E-state index in [4.69, 9.17) is 0 Å². The highest BCUT2D eigenvalue weighted by molar-refractivity contribution is 5.98. The van der Waals surface area contributed by atoms with Crippen molar-refractivity contribution in [3.05, 3.63) is 52.3 Å². The summed E-state index contributed by atoms with van der Waals surface area (Å²) in [4.78, 5) is 53.4. The van der Waals surface area contributed by atoms with Crippen molar-refractivity contribution >= 4 is 23.6 Å². The minimum Gasteiger partial charge on any atom is -0.391 e. The Morgan fingerprint density at radius 2 is 1.90 bits per heavy atom. The number of fused-ring (bicyclic) bond motifs is 2. The first kappa shape index (κ1) is 29.8. The first-order valence-electron chi connectivity index (χ1n) is 13.4. The molecule has 39 heavy (non-hydrogen) atoms. The summed E-state index contributed by atoms with van der Waals surface area (Å²) in [7, 11) is 0. The summed E-state index contributed by atoms with van der Waals surface area (Å²) >= 11 is 0. The van der Waals surface area contributed by atoms with Crippen molar-refractivity contribution < 1.29 is 24.3 Å². The standard InChI is InChI=1S/C28H40N6O5/c1-17-8-9-23-14-22(17)7-6-11-29-24(36)16-33(25(37)10-12-34-20(4)13-18(2)32-34)15-19(3)30-28(39)26(21(5)35)31-27(23)38/h8-9,13-14,19,21,26,35H,6-7,10-12,15-16H2,1-5H3,(H,29,36)(H,30,39)(H,31,38)/t19-,21-,26+/m1/s1. The van der Waals surface area contributed by atoms with Crippen LogP contribution < -0.4 is 16.0 Å². The van der Waals surface area contributed by atoms with Gasteiger partial charge < -0.3 is 26.0 Å². The molecule has 1 aromatic heterocycles. The molecule has 0 spiro atoms. The van der Waals surface area contributed by atoms with Gasteiger partial charge in [0.05, 0.1) is 18.3 Å². The van der Waals surface area contributed by atoms with Crippen LogP contribution in [0.25, 0.3) is 0 Å². The average Bonchev–Trinajstić information content (AvgIpc) is 3.19. The van der Waals surface area contributed by atoms with Crippen LogP contribution in [0.1, 0.15) is 59.6 Å². The van der Waals surface area contributed by atoms with Crippen LogP contribution in [-0.4, -0.2) is 81.2 Å². The molecule has 0 saturated carbocycles. The third-order valence-corrected chi connectivity index (χ3v) is 6.82. The number of carbonyl (C=O) groups excluding carboxylic acids is 4. The molecule has 11 heteroatoms. The van der Waals surface area contributed by atoms with E-state index in [1.807, 2.05) is 32.9 Å². The number of carbonyl (C=O) groups is 4. The van der Waals surface area contributed by atoms with Gasteiger partial charge in [-0.15, -0.1) is 0 Å². The van der Waals surface area contributed by atoms with Gasteiger partial charge in [-0.1, -0.05) is 6.07 Å². The highest BCUT2D eigenvalue weighted by atomic mass is 16.3. The van der Waals surface area contributed by atoms with E-state index in [1.54, 1.807) is 23.7 Å². The predicted octanol–water partition coefficient (Wildman–Crippen LogP) is 0.774. The molecule has 2 aromatic rings. The fourth-order valence-electron chi connectivity index (χ4n) is 4.67. The molecule has 4 amide bonds. The van der Waals surface area contributed by atoms with Gasteiger partial charge in [0.2, 0.25) is 17.7 Å². The van der Waals surface area contributed by atoms with Gasteiger partial charge in [-0.05, 0) is 76.8 Å². The number of aliphatic hydroxyl groups is 1. The summed E-state index contributed by atoms with van der Waals surface area (Å²) in [5.41, 5.74) is 4.14. The van der Waals surface area contributed by atoms with Crippen LogP contribution in [0.4, 0.5) is 0 Å². The zero-order valence-electron chi connectivity index (χ0n) is 23.4. The third kappa shape index (κ3) is 8.38. The molecule has 212 valence electrons. The number of amides is 4. The lowest BCUT2D eigenvalue weighted by atomic mass is 10.00. The van der Waals surface area contributed by atoms with Crippen LogP contribution in [0.5, 0.6) is 0 Å². The lowest BCUT2D eigenvalue weighted by molar-refractivity contribution is -0.137. The lowest BCUT2D eigenvalue weighted by Gasteiger charge is -2.28. The lowest BCUT2D eigenvalue weighted by Crippen LogP contribution is -2.56. The maximum absolute atomic E-state index is 13.2. The van der Waals surface area contributed by atoms with E-state index in [-0.39, 0.29) is 31.3 Å². The Labute approximate surface area is 229 Å². The van der Waals surface area contributed by atoms with Gasteiger partial charge in [-0.3, -0.25) is 23.9 Å². The van der Waals surface area contributed by atoms with Crippen molar-refractivity contribution in [2.24, 2.45) is 0 Å². The molecule has 4 N–H and O–H groups in total. The van der Waals surface area contributed by atoms with Gasteiger partial charge in [0.25, 0.3) is 5.91 Å². The Hall–Kier alpha value is -3.73. The number of nitrogens with one attached hydrogen (secondary N) is 3. The van der Waals surface area contributed by atoms with Crippen molar-refractivity contribution in [3.8, 4) is 0 Å². The van der Waals surface area contributed by atoms with Gasteiger partial charge >= 0.3 is 0 Å². The molecule has 0 unspecified atom stereocenters. The molecule has 0 fully saturated rings. The molecular weight excluding hydrogens is 500 g/mol. The molecule has 11 nitrogen and oxygen atoms in total. The summed E-state index contributed by atoms with van der Waals surface area (Å²) in [6.07, 6.45) is 0.265. The fraction of sp³-hybridized carbons (Fsp3) is 0.536. The predicted molar refractivity (Wildman–Crippen MR) is 146 cm³/mol. The Bertz CT molecular complexity index is 1210. The number of hydrogen-bond acceptors (Lipinski definition) is 6. The van der Waals surface area contributed by atoms with Gasteiger partial charge in [0, 0.05) is 43.4 Å². The SMILES string of the molecule is Cc1cc(C)n(CCC(=O)N2CC(=O)NCCCc3cc(ccc3C)C(=O)N[C@@H]([C@@H](C)O)C(=O)N[C@H](C)C2)n1. The number of nitrogens with zero attached hydrogens (tertiary/aromatic N) is 3. The number of aryl methyl sites for hydroxylation is 5. The molecule has 1 aromatic carbocycles. The fourth-order valence-corrected chi connectivity index (χ4v) is 4.67. The summed E-state index contributed by atoms with van der Waals surface area (Å²) in [6, 6.07) is 5.47. The van der Waals surface area contributed by atoms with E-state index in [0.717, 1.165) is 22.5 Å². The van der Waals surface area contributed by atoms with Crippen LogP contribution in [-0.2, 0) is 27.3 Å². The molecule has 1 aliphatic heterocycles. The van der Waals surface area contributed by atoms with Crippen LogP contribution in [0.3, 0.4) is 0 Å².